The molecule has 3 aromatic rings. The molecular formula is C28H27BrN2O4. The van der Waals surface area contributed by atoms with Crippen LogP contribution in [-0.2, 0) is 17.9 Å². The van der Waals surface area contributed by atoms with E-state index in [4.69, 9.17) is 9.47 Å². The summed E-state index contributed by atoms with van der Waals surface area (Å²) in [6.45, 7) is 6.97. The lowest BCUT2D eigenvalue weighted by atomic mass is 10.1. The highest BCUT2D eigenvalue weighted by molar-refractivity contribution is 9.10. The van der Waals surface area contributed by atoms with Crippen LogP contribution in [0.2, 0.25) is 0 Å². The van der Waals surface area contributed by atoms with Crippen LogP contribution in [0.3, 0.4) is 0 Å². The Bertz CT molecular complexity index is 1280. The van der Waals surface area contributed by atoms with Crippen molar-refractivity contribution in [2.45, 2.75) is 33.9 Å². The fourth-order valence-corrected chi connectivity index (χ4v) is 4.36. The number of aryl methyl sites for hydroxylation is 2. The van der Waals surface area contributed by atoms with Crippen LogP contribution < -0.4 is 14.8 Å². The summed E-state index contributed by atoms with van der Waals surface area (Å²) in [5, 5.41) is 2.68. The van der Waals surface area contributed by atoms with Gasteiger partial charge in [0.15, 0.2) is 11.5 Å². The van der Waals surface area contributed by atoms with Crippen molar-refractivity contribution in [1.29, 1.82) is 0 Å². The Labute approximate surface area is 213 Å². The summed E-state index contributed by atoms with van der Waals surface area (Å²) in [5.41, 5.74) is 5.11. The molecule has 35 heavy (non-hydrogen) atoms. The van der Waals surface area contributed by atoms with E-state index in [-0.39, 0.29) is 18.1 Å². The Morgan fingerprint density at radius 2 is 1.71 bits per heavy atom. The summed E-state index contributed by atoms with van der Waals surface area (Å²) in [6.07, 6.45) is 1.65. The molecule has 6 nitrogen and oxygen atoms in total. The average Bonchev–Trinajstić information content (AvgIpc) is 3.07. The quantitative estimate of drug-likeness (QED) is 0.278. The fraction of sp³-hybridized carbons (Fsp3) is 0.214. The smallest absolute Gasteiger partial charge is 0.329 e. The van der Waals surface area contributed by atoms with Gasteiger partial charge in [0, 0.05) is 0 Å². The van der Waals surface area contributed by atoms with Crippen LogP contribution in [0.5, 0.6) is 11.5 Å². The third-order valence-electron chi connectivity index (χ3n) is 5.53. The zero-order chi connectivity index (χ0) is 24.9. The number of urea groups is 1. The Hall–Kier alpha value is -3.58. The Morgan fingerprint density at radius 3 is 2.43 bits per heavy atom. The third-order valence-corrected chi connectivity index (χ3v) is 6.12. The summed E-state index contributed by atoms with van der Waals surface area (Å²) >= 11 is 3.58. The molecule has 0 atom stereocenters. The van der Waals surface area contributed by atoms with Crippen molar-refractivity contribution in [2.75, 3.05) is 6.61 Å². The molecule has 0 saturated carbocycles. The van der Waals surface area contributed by atoms with Gasteiger partial charge in [-0.05, 0) is 71.6 Å². The van der Waals surface area contributed by atoms with E-state index in [1.807, 2.05) is 75.4 Å². The van der Waals surface area contributed by atoms with E-state index in [9.17, 15) is 9.59 Å². The SMILES string of the molecule is CCOc1cc(/C=C2/NC(=O)N(Cc3cccc(C)c3)C2=O)cc(Br)c1OCc1ccc(C)cc1. The van der Waals surface area contributed by atoms with Crippen molar-refractivity contribution >= 4 is 33.9 Å². The molecule has 1 aliphatic rings. The number of hydrogen-bond acceptors (Lipinski definition) is 4. The molecule has 4 rings (SSSR count). The number of halogens is 1. The molecule has 0 spiro atoms. The number of amides is 3. The van der Waals surface area contributed by atoms with E-state index in [0.717, 1.165) is 16.7 Å². The van der Waals surface area contributed by atoms with Crippen molar-refractivity contribution in [1.82, 2.24) is 10.2 Å². The van der Waals surface area contributed by atoms with Crippen LogP contribution in [0.4, 0.5) is 4.79 Å². The minimum atomic E-state index is -0.440. The van der Waals surface area contributed by atoms with Gasteiger partial charge in [0.1, 0.15) is 12.3 Å². The zero-order valence-electron chi connectivity index (χ0n) is 19.9. The summed E-state index contributed by atoms with van der Waals surface area (Å²) in [7, 11) is 0. The third kappa shape index (κ3) is 5.92. The second kappa shape index (κ2) is 10.8. The number of ether oxygens (including phenoxy) is 2. The second-order valence-corrected chi connectivity index (χ2v) is 9.26. The van der Waals surface area contributed by atoms with Crippen molar-refractivity contribution < 1.29 is 19.1 Å². The van der Waals surface area contributed by atoms with Gasteiger partial charge >= 0.3 is 6.03 Å². The van der Waals surface area contributed by atoms with E-state index in [1.165, 1.54) is 10.5 Å². The molecule has 0 unspecified atom stereocenters. The first kappa shape index (κ1) is 24.5. The van der Waals surface area contributed by atoms with Crippen LogP contribution in [0, 0.1) is 13.8 Å². The molecule has 3 amide bonds. The molecule has 0 aliphatic carbocycles. The fourth-order valence-electron chi connectivity index (χ4n) is 3.79. The second-order valence-electron chi connectivity index (χ2n) is 8.41. The highest BCUT2D eigenvalue weighted by Crippen LogP contribution is 2.38. The predicted molar refractivity (Wildman–Crippen MR) is 139 cm³/mol. The van der Waals surface area contributed by atoms with Gasteiger partial charge in [-0.2, -0.15) is 0 Å². The maximum atomic E-state index is 13.0. The summed E-state index contributed by atoms with van der Waals surface area (Å²) < 4.78 is 12.6. The predicted octanol–water partition coefficient (Wildman–Crippen LogP) is 6.14. The first-order valence-electron chi connectivity index (χ1n) is 11.4. The van der Waals surface area contributed by atoms with Gasteiger partial charge < -0.3 is 14.8 Å². The molecular weight excluding hydrogens is 508 g/mol. The lowest BCUT2D eigenvalue weighted by Crippen LogP contribution is -2.30. The largest absolute Gasteiger partial charge is 0.490 e. The van der Waals surface area contributed by atoms with Gasteiger partial charge in [0.25, 0.3) is 5.91 Å². The van der Waals surface area contributed by atoms with Gasteiger partial charge in [0.2, 0.25) is 0 Å². The topological polar surface area (TPSA) is 67.9 Å². The van der Waals surface area contributed by atoms with Crippen LogP contribution >= 0.6 is 15.9 Å². The van der Waals surface area contributed by atoms with E-state index in [2.05, 4.69) is 21.2 Å². The Morgan fingerprint density at radius 1 is 0.943 bits per heavy atom. The van der Waals surface area contributed by atoms with Crippen molar-refractivity contribution in [3.63, 3.8) is 0 Å². The Balaban J connectivity index is 1.55. The van der Waals surface area contributed by atoms with Crippen LogP contribution in [0.25, 0.3) is 6.08 Å². The van der Waals surface area contributed by atoms with Gasteiger partial charge in [0.05, 0.1) is 17.6 Å². The number of imide groups is 1. The number of carbonyl (C=O) groups excluding carboxylic acids is 2. The highest BCUT2D eigenvalue weighted by atomic mass is 79.9. The molecule has 3 aromatic carbocycles. The molecule has 1 fully saturated rings. The molecule has 1 aliphatic heterocycles. The standard InChI is InChI=1S/C28H27BrN2O4/c1-4-34-25-15-22(13-23(29)26(25)35-17-20-10-8-18(2)9-11-20)14-24-27(32)31(28(33)30-24)16-21-7-5-6-19(3)12-21/h5-15H,4,16-17H2,1-3H3,(H,30,33)/b24-14+. The summed E-state index contributed by atoms with van der Waals surface area (Å²) in [4.78, 5) is 26.7. The van der Waals surface area contributed by atoms with Gasteiger partial charge in [-0.3, -0.25) is 9.69 Å². The van der Waals surface area contributed by atoms with Crippen molar-refractivity contribution in [2.24, 2.45) is 0 Å². The lowest BCUT2D eigenvalue weighted by molar-refractivity contribution is -0.123. The lowest BCUT2D eigenvalue weighted by Gasteiger charge is -2.15. The number of rotatable bonds is 8. The molecule has 7 heteroatoms. The number of carbonyl (C=O) groups is 2. The van der Waals surface area contributed by atoms with E-state index in [0.29, 0.717) is 34.7 Å². The Kier molecular flexibility index (Phi) is 7.56. The normalized spacial score (nSPS) is 14.4. The van der Waals surface area contributed by atoms with Crippen LogP contribution in [-0.4, -0.2) is 23.4 Å². The molecule has 1 N–H and O–H groups in total. The summed E-state index contributed by atoms with van der Waals surface area (Å²) in [6, 6.07) is 19.1. The average molecular weight is 535 g/mol. The molecule has 0 radical (unpaired) electrons. The van der Waals surface area contributed by atoms with E-state index >= 15 is 0 Å². The maximum Gasteiger partial charge on any atom is 0.329 e. The van der Waals surface area contributed by atoms with E-state index < -0.39 is 6.03 Å². The molecule has 0 bridgehead atoms. The monoisotopic (exact) mass is 534 g/mol. The number of nitrogens with one attached hydrogen (secondary N) is 1. The first-order valence-corrected chi connectivity index (χ1v) is 12.2. The summed E-state index contributed by atoms with van der Waals surface area (Å²) in [5.74, 6) is 0.761. The molecule has 1 saturated heterocycles. The highest BCUT2D eigenvalue weighted by Gasteiger charge is 2.33. The van der Waals surface area contributed by atoms with Gasteiger partial charge in [-0.1, -0.05) is 59.7 Å². The number of benzene rings is 3. The number of nitrogens with zero attached hydrogens (tertiary/aromatic N) is 1. The van der Waals surface area contributed by atoms with Crippen molar-refractivity contribution in [3.05, 3.63) is 98.7 Å². The minimum absolute atomic E-state index is 0.212. The molecule has 180 valence electrons. The van der Waals surface area contributed by atoms with E-state index in [1.54, 1.807) is 12.1 Å². The number of hydrogen-bond donors (Lipinski definition) is 1. The molecule has 0 aromatic heterocycles. The first-order chi connectivity index (χ1) is 16.8. The van der Waals surface area contributed by atoms with Gasteiger partial charge in [-0.25, -0.2) is 4.79 Å². The van der Waals surface area contributed by atoms with Gasteiger partial charge in [-0.15, -0.1) is 0 Å². The minimum Gasteiger partial charge on any atom is -0.490 e. The van der Waals surface area contributed by atoms with Crippen LogP contribution in [0.15, 0.2) is 70.8 Å². The molecule has 1 heterocycles. The zero-order valence-corrected chi connectivity index (χ0v) is 21.5. The maximum absolute atomic E-state index is 13.0. The van der Waals surface area contributed by atoms with Crippen molar-refractivity contribution in [3.8, 4) is 11.5 Å². The van der Waals surface area contributed by atoms with Crippen LogP contribution in [0.1, 0.15) is 34.7 Å².